The molecule has 1 aliphatic rings. The van der Waals surface area contributed by atoms with Crippen LogP contribution in [-0.2, 0) is 11.2 Å². The summed E-state index contributed by atoms with van der Waals surface area (Å²) in [5.74, 6) is 3.06. The standard InChI is InChI=1S/C37H45N7O5/c1-25-11-14-31(33(22-25)49-21-6-5-8-27(24-45)44-19-17-42(2)18-20-44)43(3)37(47)26-12-13-28(32(23-26)48-4)36(46)40-30-10-7-9-29-35(30)41-34(39-29)15-16-38/h7,9-14,22-23H,5-6,8,15-21,38H2,1-4H3,(H,39,41)(H,40,46). The molecule has 0 saturated carbocycles. The number of aryl methyl sites for hydroxylation is 1. The van der Waals surface area contributed by atoms with Gasteiger partial charge < -0.3 is 40.2 Å². The molecule has 0 atom stereocenters. The molecule has 5 rings (SSSR count). The minimum atomic E-state index is -0.389. The number of likely N-dealkylation sites (N-methyl/N-ethyl adjacent to an activating group) is 1. The summed E-state index contributed by atoms with van der Waals surface area (Å²) in [7, 11) is 5.24. The highest BCUT2D eigenvalue weighted by atomic mass is 16.5. The zero-order chi connectivity index (χ0) is 34.9. The number of carbonyl (C=O) groups excluding carboxylic acids is 3. The number of benzene rings is 3. The van der Waals surface area contributed by atoms with Crippen molar-refractivity contribution >= 4 is 40.2 Å². The van der Waals surface area contributed by atoms with Crippen LogP contribution in [0.25, 0.3) is 11.0 Å². The molecule has 0 unspecified atom stereocenters. The predicted molar refractivity (Wildman–Crippen MR) is 191 cm³/mol. The number of imidazole rings is 1. The third kappa shape index (κ3) is 8.47. The van der Waals surface area contributed by atoms with Crippen LogP contribution in [0.3, 0.4) is 0 Å². The third-order valence-corrected chi connectivity index (χ3v) is 8.74. The van der Waals surface area contributed by atoms with Gasteiger partial charge in [-0.2, -0.15) is 0 Å². The Bertz CT molecular complexity index is 1840. The second kappa shape index (κ2) is 16.3. The summed E-state index contributed by atoms with van der Waals surface area (Å²) in [6.07, 6.45) is 2.78. The maximum absolute atomic E-state index is 13.7. The van der Waals surface area contributed by atoms with Gasteiger partial charge in [-0.3, -0.25) is 9.59 Å². The molecule has 0 radical (unpaired) electrons. The van der Waals surface area contributed by atoms with Crippen LogP contribution in [0.1, 0.15) is 51.4 Å². The smallest absolute Gasteiger partial charge is 0.259 e. The number of fused-ring (bicyclic) bond motifs is 1. The summed E-state index contributed by atoms with van der Waals surface area (Å²) in [5.41, 5.74) is 10.6. The quantitative estimate of drug-likeness (QED) is 0.131. The molecular formula is C37H45N7O5. The van der Waals surface area contributed by atoms with E-state index in [1.165, 1.54) is 12.0 Å². The van der Waals surface area contributed by atoms with Gasteiger partial charge >= 0.3 is 0 Å². The van der Waals surface area contributed by atoms with Crippen molar-refractivity contribution in [3.63, 3.8) is 0 Å². The molecular weight excluding hydrogens is 622 g/mol. The third-order valence-electron chi connectivity index (χ3n) is 8.74. The second-order valence-electron chi connectivity index (χ2n) is 12.3. The Hall–Kier alpha value is -5.16. The number of carbonyl (C=O) groups is 2. The van der Waals surface area contributed by atoms with Crippen LogP contribution in [0.15, 0.2) is 60.3 Å². The van der Waals surface area contributed by atoms with E-state index < -0.39 is 0 Å². The minimum Gasteiger partial charge on any atom is -0.496 e. The number of nitrogens with two attached hydrogens (primary N) is 1. The largest absolute Gasteiger partial charge is 0.496 e. The zero-order valence-electron chi connectivity index (χ0n) is 28.7. The Kier molecular flexibility index (Phi) is 11.7. The summed E-state index contributed by atoms with van der Waals surface area (Å²) in [4.78, 5) is 52.4. The number of nitrogens with one attached hydrogen (secondary N) is 2. The molecule has 1 aromatic heterocycles. The topological polar surface area (TPSA) is 146 Å². The van der Waals surface area contributed by atoms with Crippen LogP contribution >= 0.6 is 0 Å². The van der Waals surface area contributed by atoms with Gasteiger partial charge in [0.1, 0.15) is 23.3 Å². The van der Waals surface area contributed by atoms with Crippen LogP contribution in [0.4, 0.5) is 11.4 Å². The SMILES string of the molecule is COc1cc(C(=O)N(C)c2ccc(C)cc2OCCCCC(=C=O)N2CCN(C)CC2)ccc1C(=O)Nc1cccc2nc(CCN)[nH]c12. The highest BCUT2D eigenvalue weighted by molar-refractivity contribution is 6.11. The van der Waals surface area contributed by atoms with E-state index in [0.717, 1.165) is 61.6 Å². The summed E-state index contributed by atoms with van der Waals surface area (Å²) in [6, 6.07) is 15.9. The van der Waals surface area contributed by atoms with Crippen molar-refractivity contribution in [1.29, 1.82) is 0 Å². The first-order chi connectivity index (χ1) is 23.7. The Morgan fingerprint density at radius 2 is 1.86 bits per heavy atom. The van der Waals surface area contributed by atoms with Crippen molar-refractivity contribution in [3.05, 3.63) is 82.8 Å². The number of anilines is 2. The van der Waals surface area contributed by atoms with Crippen molar-refractivity contribution in [1.82, 2.24) is 19.8 Å². The molecule has 12 nitrogen and oxygen atoms in total. The number of hydrogen-bond donors (Lipinski definition) is 3. The molecule has 1 aliphatic heterocycles. The fourth-order valence-electron chi connectivity index (χ4n) is 5.89. The van der Waals surface area contributed by atoms with E-state index in [1.807, 2.05) is 37.3 Å². The van der Waals surface area contributed by atoms with E-state index in [4.69, 9.17) is 15.2 Å². The molecule has 3 aromatic carbocycles. The van der Waals surface area contributed by atoms with Crippen molar-refractivity contribution in [3.8, 4) is 11.5 Å². The lowest BCUT2D eigenvalue weighted by Crippen LogP contribution is -2.44. The molecule has 0 aliphatic carbocycles. The maximum atomic E-state index is 13.7. The van der Waals surface area contributed by atoms with Crippen LogP contribution < -0.4 is 25.4 Å². The number of methoxy groups -OCH3 is 1. The van der Waals surface area contributed by atoms with Gasteiger partial charge in [0, 0.05) is 45.2 Å². The summed E-state index contributed by atoms with van der Waals surface area (Å²) in [5, 5.41) is 2.94. The Labute approximate surface area is 286 Å². The van der Waals surface area contributed by atoms with Gasteiger partial charge in [-0.25, -0.2) is 9.78 Å². The van der Waals surface area contributed by atoms with Crippen molar-refractivity contribution in [2.75, 3.05) is 70.8 Å². The lowest BCUT2D eigenvalue weighted by molar-refractivity contribution is 0.0987. The van der Waals surface area contributed by atoms with E-state index in [2.05, 4.69) is 38.1 Å². The second-order valence-corrected chi connectivity index (χ2v) is 12.3. The maximum Gasteiger partial charge on any atom is 0.259 e. The molecule has 0 bridgehead atoms. The normalized spacial score (nSPS) is 13.2. The van der Waals surface area contributed by atoms with E-state index in [-0.39, 0.29) is 23.1 Å². The van der Waals surface area contributed by atoms with Crippen LogP contribution in [0, 0.1) is 6.92 Å². The van der Waals surface area contributed by atoms with E-state index in [1.54, 1.807) is 31.3 Å². The number of ether oxygens (including phenoxy) is 2. The number of para-hydroxylation sites is 1. The van der Waals surface area contributed by atoms with E-state index in [0.29, 0.717) is 54.2 Å². The van der Waals surface area contributed by atoms with E-state index in [9.17, 15) is 14.4 Å². The molecule has 2 heterocycles. The van der Waals surface area contributed by atoms with Gasteiger partial charge in [0.2, 0.25) is 0 Å². The number of nitrogens with zero attached hydrogens (tertiary/aromatic N) is 4. The van der Waals surface area contributed by atoms with Crippen LogP contribution in [0.5, 0.6) is 11.5 Å². The number of amides is 2. The summed E-state index contributed by atoms with van der Waals surface area (Å²) in [6.45, 7) is 6.41. The average molecular weight is 668 g/mol. The predicted octanol–water partition coefficient (Wildman–Crippen LogP) is 4.42. The van der Waals surface area contributed by atoms with Gasteiger partial charge in [-0.05, 0) is 87.8 Å². The van der Waals surface area contributed by atoms with Crippen LogP contribution in [-0.4, -0.2) is 98.1 Å². The molecule has 4 aromatic rings. The monoisotopic (exact) mass is 667 g/mol. The summed E-state index contributed by atoms with van der Waals surface area (Å²) < 4.78 is 11.8. The fraction of sp³-hybridized carbons (Fsp3) is 0.378. The Morgan fingerprint density at radius 1 is 1.06 bits per heavy atom. The number of unbranched alkanes of at least 4 members (excludes halogenated alkanes) is 1. The highest BCUT2D eigenvalue weighted by Crippen LogP contribution is 2.32. The zero-order valence-corrected chi connectivity index (χ0v) is 28.7. The van der Waals surface area contributed by atoms with Crippen molar-refractivity contribution < 1.29 is 23.9 Å². The van der Waals surface area contributed by atoms with Gasteiger partial charge in [0.05, 0.1) is 47.4 Å². The number of aromatic amines is 1. The number of piperazine rings is 1. The molecule has 4 N–H and O–H groups in total. The average Bonchev–Trinajstić information content (AvgIpc) is 3.53. The Balaban J connectivity index is 1.23. The first-order valence-electron chi connectivity index (χ1n) is 16.6. The molecule has 49 heavy (non-hydrogen) atoms. The lowest BCUT2D eigenvalue weighted by Gasteiger charge is -2.34. The fourth-order valence-corrected chi connectivity index (χ4v) is 5.89. The number of rotatable bonds is 14. The Morgan fingerprint density at radius 3 is 2.59 bits per heavy atom. The van der Waals surface area contributed by atoms with E-state index >= 15 is 0 Å². The van der Waals surface area contributed by atoms with Gasteiger partial charge in [-0.1, -0.05) is 12.1 Å². The lowest BCUT2D eigenvalue weighted by atomic mass is 10.1. The van der Waals surface area contributed by atoms with Crippen LogP contribution in [0.2, 0.25) is 0 Å². The number of hydrogen-bond acceptors (Lipinski definition) is 9. The number of H-pyrrole nitrogens is 1. The highest BCUT2D eigenvalue weighted by Gasteiger charge is 2.22. The van der Waals surface area contributed by atoms with Crippen molar-refractivity contribution in [2.24, 2.45) is 5.73 Å². The molecule has 0 spiro atoms. The first-order valence-corrected chi connectivity index (χ1v) is 16.6. The summed E-state index contributed by atoms with van der Waals surface area (Å²) >= 11 is 0. The van der Waals surface area contributed by atoms with Gasteiger partial charge in [0.15, 0.2) is 0 Å². The molecule has 258 valence electrons. The molecule has 2 amide bonds. The molecule has 12 heteroatoms. The molecule has 1 fully saturated rings. The number of allylic oxidation sites excluding steroid dienone is 1. The van der Waals surface area contributed by atoms with Gasteiger partial charge in [-0.15, -0.1) is 0 Å². The van der Waals surface area contributed by atoms with Crippen molar-refractivity contribution in [2.45, 2.75) is 32.6 Å². The minimum absolute atomic E-state index is 0.262. The van der Waals surface area contributed by atoms with Gasteiger partial charge in [0.25, 0.3) is 11.8 Å². The number of aromatic nitrogens is 2. The first kappa shape index (κ1) is 35.2. The molecule has 1 saturated heterocycles.